The zero-order valence-electron chi connectivity index (χ0n) is 13.9. The Balaban J connectivity index is 1.57. The Morgan fingerprint density at radius 2 is 1.88 bits per heavy atom. The molecule has 5 nitrogen and oxygen atoms in total. The van der Waals surface area contributed by atoms with Gasteiger partial charge in [0, 0.05) is 41.2 Å². The predicted molar refractivity (Wildman–Crippen MR) is 99.9 cm³/mol. The van der Waals surface area contributed by atoms with E-state index in [0.29, 0.717) is 25.1 Å². The molecule has 1 fully saturated rings. The van der Waals surface area contributed by atoms with Gasteiger partial charge in [-0.15, -0.1) is 0 Å². The Kier molecular flexibility index (Phi) is 5.38. The first-order chi connectivity index (χ1) is 12.1. The second-order valence-corrected chi connectivity index (χ2v) is 6.91. The lowest BCUT2D eigenvalue weighted by Gasteiger charge is -2.17. The number of hydrogen-bond acceptors (Lipinski definition) is 3. The molecular formula is C19H19BrN2O3. The first-order valence-corrected chi connectivity index (χ1v) is 8.84. The highest BCUT2D eigenvalue weighted by molar-refractivity contribution is 9.10. The van der Waals surface area contributed by atoms with Crippen LogP contribution in [0.2, 0.25) is 0 Å². The lowest BCUT2D eigenvalue weighted by atomic mass is 10.1. The fourth-order valence-electron chi connectivity index (χ4n) is 2.87. The second-order valence-electron chi connectivity index (χ2n) is 5.99. The fraction of sp³-hybridized carbons (Fsp3) is 0.263. The molecule has 3 rings (SSSR count). The molecule has 0 aliphatic carbocycles. The summed E-state index contributed by atoms with van der Waals surface area (Å²) in [5, 5.41) is 2.92. The molecule has 1 atom stereocenters. The van der Waals surface area contributed by atoms with Crippen molar-refractivity contribution in [3.8, 4) is 5.75 Å². The van der Waals surface area contributed by atoms with E-state index in [4.69, 9.17) is 4.74 Å². The minimum atomic E-state index is -0.122. The third-order valence-corrected chi connectivity index (χ3v) is 4.78. The molecule has 1 unspecified atom stereocenters. The summed E-state index contributed by atoms with van der Waals surface area (Å²) in [7, 11) is 1.61. The van der Waals surface area contributed by atoms with E-state index < -0.39 is 0 Å². The summed E-state index contributed by atoms with van der Waals surface area (Å²) in [6, 6.07) is 14.6. The molecule has 0 bridgehead atoms. The van der Waals surface area contributed by atoms with E-state index in [1.165, 1.54) is 0 Å². The summed E-state index contributed by atoms with van der Waals surface area (Å²) in [5.74, 6) is 0.818. The van der Waals surface area contributed by atoms with E-state index in [1.54, 1.807) is 24.1 Å². The average molecular weight is 403 g/mol. The highest BCUT2D eigenvalue weighted by Crippen LogP contribution is 2.26. The van der Waals surface area contributed by atoms with Crippen LogP contribution in [0, 0.1) is 5.92 Å². The number of anilines is 1. The zero-order chi connectivity index (χ0) is 17.8. The number of rotatable bonds is 5. The molecule has 2 aromatic carbocycles. The van der Waals surface area contributed by atoms with Gasteiger partial charge in [-0.05, 0) is 48.5 Å². The molecule has 25 heavy (non-hydrogen) atoms. The van der Waals surface area contributed by atoms with Gasteiger partial charge in [-0.1, -0.05) is 15.9 Å². The summed E-state index contributed by atoms with van der Waals surface area (Å²) in [6.45, 7) is 1.08. The molecule has 1 saturated heterocycles. The minimum absolute atomic E-state index is 0.0769. The van der Waals surface area contributed by atoms with Crippen molar-refractivity contribution < 1.29 is 14.3 Å². The molecule has 1 N–H and O–H groups in total. The lowest BCUT2D eigenvalue weighted by Crippen LogP contribution is -2.31. The first-order valence-electron chi connectivity index (χ1n) is 8.05. The van der Waals surface area contributed by atoms with Crippen LogP contribution in [0.15, 0.2) is 53.0 Å². The van der Waals surface area contributed by atoms with Gasteiger partial charge in [0.2, 0.25) is 5.91 Å². The van der Waals surface area contributed by atoms with E-state index >= 15 is 0 Å². The van der Waals surface area contributed by atoms with Crippen molar-refractivity contribution in [3.05, 3.63) is 58.6 Å². The molecular weight excluding hydrogens is 384 g/mol. The Hall–Kier alpha value is -2.34. The largest absolute Gasteiger partial charge is 0.497 e. The van der Waals surface area contributed by atoms with Gasteiger partial charge in [0.15, 0.2) is 0 Å². The molecule has 2 aromatic rings. The molecule has 2 amide bonds. The van der Waals surface area contributed by atoms with E-state index in [-0.39, 0.29) is 17.7 Å². The van der Waals surface area contributed by atoms with Crippen molar-refractivity contribution in [2.45, 2.75) is 6.42 Å². The van der Waals surface area contributed by atoms with Crippen molar-refractivity contribution in [2.24, 2.45) is 5.92 Å². The molecule has 1 aliphatic rings. The number of carbonyl (C=O) groups excluding carboxylic acids is 2. The molecule has 130 valence electrons. The van der Waals surface area contributed by atoms with Gasteiger partial charge in [0.25, 0.3) is 5.91 Å². The van der Waals surface area contributed by atoms with Crippen LogP contribution in [0.5, 0.6) is 5.75 Å². The highest BCUT2D eigenvalue weighted by Gasteiger charge is 2.30. The van der Waals surface area contributed by atoms with E-state index in [1.807, 2.05) is 36.4 Å². The van der Waals surface area contributed by atoms with Crippen molar-refractivity contribution in [1.82, 2.24) is 5.32 Å². The summed E-state index contributed by atoms with van der Waals surface area (Å²) in [6.07, 6.45) is 0.437. The lowest BCUT2D eigenvalue weighted by molar-refractivity contribution is -0.117. The molecule has 0 saturated carbocycles. The smallest absolute Gasteiger partial charge is 0.251 e. The van der Waals surface area contributed by atoms with Crippen LogP contribution in [0.3, 0.4) is 0 Å². The number of ether oxygens (including phenoxy) is 1. The molecule has 1 aliphatic heterocycles. The van der Waals surface area contributed by atoms with Gasteiger partial charge in [0.1, 0.15) is 5.75 Å². The first kappa shape index (κ1) is 17.5. The predicted octanol–water partition coefficient (Wildman–Crippen LogP) is 3.24. The third kappa shape index (κ3) is 4.20. The van der Waals surface area contributed by atoms with Crippen molar-refractivity contribution >= 4 is 33.4 Å². The van der Waals surface area contributed by atoms with Gasteiger partial charge in [-0.2, -0.15) is 0 Å². The van der Waals surface area contributed by atoms with Gasteiger partial charge in [0.05, 0.1) is 7.11 Å². The molecule has 1 heterocycles. The average Bonchev–Trinajstić information content (AvgIpc) is 3.01. The summed E-state index contributed by atoms with van der Waals surface area (Å²) in [4.78, 5) is 26.2. The van der Waals surface area contributed by atoms with E-state index in [9.17, 15) is 9.59 Å². The zero-order valence-corrected chi connectivity index (χ0v) is 15.5. The number of methoxy groups -OCH3 is 1. The van der Waals surface area contributed by atoms with Gasteiger partial charge in [-0.25, -0.2) is 0 Å². The third-order valence-electron chi connectivity index (χ3n) is 4.25. The van der Waals surface area contributed by atoms with Crippen molar-refractivity contribution in [1.29, 1.82) is 0 Å². The maximum Gasteiger partial charge on any atom is 0.251 e. The van der Waals surface area contributed by atoms with Crippen molar-refractivity contribution in [3.63, 3.8) is 0 Å². The fourth-order valence-corrected chi connectivity index (χ4v) is 3.13. The number of nitrogens with zero attached hydrogens (tertiary/aromatic N) is 1. The number of benzene rings is 2. The Morgan fingerprint density at radius 1 is 1.20 bits per heavy atom. The molecule has 0 aromatic heterocycles. The van der Waals surface area contributed by atoms with Gasteiger partial charge in [-0.3, -0.25) is 9.59 Å². The maximum absolute atomic E-state index is 12.3. The van der Waals surface area contributed by atoms with Crippen LogP contribution >= 0.6 is 15.9 Å². The topological polar surface area (TPSA) is 58.6 Å². The number of amides is 2. The van der Waals surface area contributed by atoms with E-state index in [0.717, 1.165) is 15.9 Å². The quantitative estimate of drug-likeness (QED) is 0.834. The van der Waals surface area contributed by atoms with Crippen LogP contribution in [-0.4, -0.2) is 32.0 Å². The number of nitrogens with one attached hydrogen (secondary N) is 1. The molecule has 0 spiro atoms. The Labute approximate surface area is 155 Å². The highest BCUT2D eigenvalue weighted by atomic mass is 79.9. The van der Waals surface area contributed by atoms with E-state index in [2.05, 4.69) is 21.2 Å². The summed E-state index contributed by atoms with van der Waals surface area (Å²) < 4.78 is 6.07. The van der Waals surface area contributed by atoms with Crippen LogP contribution in [0.1, 0.15) is 16.8 Å². The second kappa shape index (κ2) is 7.70. The summed E-state index contributed by atoms with van der Waals surface area (Å²) >= 11 is 3.35. The number of halogens is 1. The summed E-state index contributed by atoms with van der Waals surface area (Å²) in [5.41, 5.74) is 1.46. The number of hydrogen-bond donors (Lipinski definition) is 1. The van der Waals surface area contributed by atoms with Gasteiger partial charge < -0.3 is 15.0 Å². The Morgan fingerprint density at radius 3 is 2.52 bits per heavy atom. The number of carbonyl (C=O) groups is 2. The normalized spacial score (nSPS) is 16.8. The standard InChI is InChI=1S/C19H19BrN2O3/c1-25-17-8-6-16(7-9-17)22-12-13(10-18(22)23)11-21-19(24)14-2-4-15(20)5-3-14/h2-9,13H,10-12H2,1H3,(H,21,24). The van der Waals surface area contributed by atoms with Crippen LogP contribution in [-0.2, 0) is 4.79 Å². The van der Waals surface area contributed by atoms with Crippen LogP contribution in [0.25, 0.3) is 0 Å². The molecule has 6 heteroatoms. The maximum atomic E-state index is 12.3. The Bertz CT molecular complexity index is 759. The minimum Gasteiger partial charge on any atom is -0.497 e. The van der Waals surface area contributed by atoms with Gasteiger partial charge >= 0.3 is 0 Å². The SMILES string of the molecule is COc1ccc(N2CC(CNC(=O)c3ccc(Br)cc3)CC2=O)cc1. The van der Waals surface area contributed by atoms with Crippen molar-refractivity contribution in [2.75, 3.05) is 25.1 Å². The molecule has 0 radical (unpaired) electrons. The van der Waals surface area contributed by atoms with Crippen LogP contribution in [0.4, 0.5) is 5.69 Å². The van der Waals surface area contributed by atoms with Crippen LogP contribution < -0.4 is 15.0 Å². The monoisotopic (exact) mass is 402 g/mol.